The van der Waals surface area contributed by atoms with E-state index in [9.17, 15) is 39.3 Å². The van der Waals surface area contributed by atoms with Crippen LogP contribution in [-0.4, -0.2) is 64.6 Å². The Morgan fingerprint density at radius 1 is 0.545 bits per heavy atom. The van der Waals surface area contributed by atoms with Crippen molar-refractivity contribution in [3.8, 4) is 23.0 Å². The van der Waals surface area contributed by atoms with Crippen LogP contribution >= 0.6 is 0 Å². The number of allylic oxidation sites excluding steroid dienone is 3. The molecule has 0 aliphatic carbocycles. The summed E-state index contributed by atoms with van der Waals surface area (Å²) in [6.45, 7) is 15.6. The van der Waals surface area contributed by atoms with Crippen molar-refractivity contribution in [3.63, 3.8) is 0 Å². The van der Waals surface area contributed by atoms with Gasteiger partial charge >= 0.3 is 0 Å². The number of hydrogen-bond acceptors (Lipinski definition) is 10. The molecule has 0 aromatic heterocycles. The first-order valence-corrected chi connectivity index (χ1v) is 26.9. The van der Waals surface area contributed by atoms with Crippen molar-refractivity contribution in [2.75, 3.05) is 14.2 Å². The summed E-state index contributed by atoms with van der Waals surface area (Å²) in [4.78, 5) is 55.8. The van der Waals surface area contributed by atoms with E-state index < -0.39 is 6.10 Å². The molecule has 77 heavy (non-hydrogen) atoms. The van der Waals surface area contributed by atoms with Gasteiger partial charge in [0.1, 0.15) is 11.6 Å². The van der Waals surface area contributed by atoms with Gasteiger partial charge in [0.2, 0.25) is 0 Å². The van der Waals surface area contributed by atoms with E-state index in [1.165, 1.54) is 27.1 Å². The van der Waals surface area contributed by atoms with Crippen LogP contribution in [0.4, 0.5) is 0 Å². The fourth-order valence-corrected chi connectivity index (χ4v) is 6.96. The quantitative estimate of drug-likeness (QED) is 0.0271. The standard InChI is InChI=1S/C17H23O2.C15H22O3.C15H20O3.C11H11O.C7H14O.2Y/c1-3-4-5-9-16(18)13-17(19)11-10-15-8-6-7-14(2)12-15;2*1-3-4-5-6-13(16)9-7-12-8-10-14(17)15(11-12)18-2;1-9-4-3-5-11(8-9)7-6-10(2)12;1-3-4-5-6-7(2)8;;/h6,8,10-12,16,18H,3-5,9,13H2,1-2H3;8,10-11,17H,3-7,9H2,1-2H3;7-11,17H,3-6H2,1-2H3;3,5-8H,1-2H3;3-6H2,1-2H3;;/q-1;;;-1;;;/b11-10+;;9-7+;7-6+;;;. The molecule has 1 unspecified atom stereocenters. The topological polar surface area (TPSA) is 164 Å². The van der Waals surface area contributed by atoms with Gasteiger partial charge < -0.3 is 29.6 Å². The van der Waals surface area contributed by atoms with Gasteiger partial charge in [0, 0.05) is 97.5 Å². The van der Waals surface area contributed by atoms with Crippen molar-refractivity contribution in [1.29, 1.82) is 0 Å². The van der Waals surface area contributed by atoms with Crippen LogP contribution in [0.1, 0.15) is 190 Å². The van der Waals surface area contributed by atoms with E-state index in [1.807, 2.05) is 62.4 Å². The minimum atomic E-state index is -0.505. The van der Waals surface area contributed by atoms with Gasteiger partial charge in [-0.25, -0.2) is 0 Å². The largest absolute Gasteiger partial charge is 0.504 e. The number of carbonyl (C=O) groups excluding carboxylic acids is 5. The van der Waals surface area contributed by atoms with E-state index >= 15 is 0 Å². The first-order chi connectivity index (χ1) is 35.9. The van der Waals surface area contributed by atoms with Crippen molar-refractivity contribution in [1.82, 2.24) is 0 Å². The van der Waals surface area contributed by atoms with Crippen LogP contribution in [0.2, 0.25) is 0 Å². The molecule has 0 saturated heterocycles. The number of rotatable bonds is 29. The molecular formula is C65H90O10Y2-2. The van der Waals surface area contributed by atoms with Crippen LogP contribution in [0.3, 0.4) is 0 Å². The fourth-order valence-electron chi connectivity index (χ4n) is 6.96. The van der Waals surface area contributed by atoms with Gasteiger partial charge in [0.05, 0.1) is 20.3 Å². The number of phenolic OH excluding ortho intramolecular Hbond substituents is 2. The number of ether oxygens (including phenoxy) is 2. The zero-order chi connectivity index (χ0) is 56.2. The summed E-state index contributed by atoms with van der Waals surface area (Å²) in [7, 11) is 3.02. The summed E-state index contributed by atoms with van der Waals surface area (Å²) >= 11 is 0. The molecule has 2 radical (unpaired) electrons. The summed E-state index contributed by atoms with van der Waals surface area (Å²) in [5.74, 6) is 1.93. The van der Waals surface area contributed by atoms with E-state index in [2.05, 4.69) is 39.8 Å². The molecule has 0 bridgehead atoms. The van der Waals surface area contributed by atoms with Crippen LogP contribution in [0, 0.1) is 26.0 Å². The number of carbonyl (C=O) groups is 5. The predicted octanol–water partition coefficient (Wildman–Crippen LogP) is 15.3. The molecule has 4 aromatic carbocycles. The van der Waals surface area contributed by atoms with Gasteiger partial charge in [0.15, 0.2) is 40.3 Å². The monoisotopic (exact) mass is 1210 g/mol. The maximum atomic E-state index is 11.7. The number of phenols is 2. The third-order valence-corrected chi connectivity index (χ3v) is 11.3. The Bertz CT molecular complexity index is 2330. The number of ketones is 5. The van der Waals surface area contributed by atoms with Gasteiger partial charge in [-0.2, -0.15) is 59.7 Å². The number of unbranched alkanes of at least 4 members (excludes halogenated alkanes) is 8. The van der Waals surface area contributed by atoms with Crippen molar-refractivity contribution in [2.45, 2.75) is 183 Å². The number of aromatic hydroxyl groups is 2. The maximum absolute atomic E-state index is 11.7. The Morgan fingerprint density at radius 2 is 1.00 bits per heavy atom. The molecule has 4 rings (SSSR count). The van der Waals surface area contributed by atoms with Crippen molar-refractivity contribution >= 4 is 47.1 Å². The van der Waals surface area contributed by atoms with Crippen LogP contribution in [0.25, 0.3) is 18.2 Å². The van der Waals surface area contributed by atoms with Crippen LogP contribution in [0.5, 0.6) is 23.0 Å². The minimum absolute atomic E-state index is 0. The van der Waals surface area contributed by atoms with E-state index in [4.69, 9.17) is 9.47 Å². The second-order valence-electron chi connectivity index (χ2n) is 18.6. The molecular weight excluding hydrogens is 1120 g/mol. The number of benzene rings is 4. The number of hydrogen-bond donors (Lipinski definition) is 3. The number of Topliss-reactive ketones (excluding diaryl/α,β-unsaturated/α-hetero) is 2. The molecule has 12 heteroatoms. The molecule has 0 fully saturated rings. The Kier molecular flexibility index (Phi) is 50.1. The zero-order valence-corrected chi connectivity index (χ0v) is 53.9. The Morgan fingerprint density at radius 3 is 1.49 bits per heavy atom. The van der Waals surface area contributed by atoms with Gasteiger partial charge in [-0.3, -0.25) is 19.2 Å². The summed E-state index contributed by atoms with van der Waals surface area (Å²) in [5, 5.41) is 28.6. The Labute approximate surface area is 514 Å². The van der Waals surface area contributed by atoms with Crippen LogP contribution in [0.15, 0.2) is 91.0 Å². The molecule has 1 atom stereocenters. The van der Waals surface area contributed by atoms with Gasteiger partial charge in [-0.05, 0) is 99.6 Å². The third kappa shape index (κ3) is 43.4. The number of aryl methyl sites for hydroxylation is 3. The first kappa shape index (κ1) is 77.0. The van der Waals surface area contributed by atoms with E-state index in [-0.39, 0.29) is 101 Å². The average Bonchev–Trinajstić information content (AvgIpc) is 3.38. The number of methoxy groups -OCH3 is 2. The predicted molar refractivity (Wildman–Crippen MR) is 308 cm³/mol. The minimum Gasteiger partial charge on any atom is -0.504 e. The van der Waals surface area contributed by atoms with E-state index in [1.54, 1.807) is 74.6 Å². The molecule has 3 N–H and O–H groups in total. The maximum Gasteiger partial charge on any atom is 0.161 e. The van der Waals surface area contributed by atoms with E-state index in [0.717, 1.165) is 104 Å². The smallest absolute Gasteiger partial charge is 0.161 e. The number of aliphatic hydroxyl groups is 1. The van der Waals surface area contributed by atoms with Gasteiger partial charge in [-0.15, -0.1) is 11.1 Å². The zero-order valence-electron chi connectivity index (χ0n) is 48.3. The van der Waals surface area contributed by atoms with E-state index in [0.29, 0.717) is 55.2 Å². The Balaban J connectivity index is -0.000000906. The molecule has 418 valence electrons. The second-order valence-corrected chi connectivity index (χ2v) is 18.6. The SMILES string of the molecule is CC(=O)/C=C/c1cc[c-]c(C)c1.CCCCCC(=O)/C=C/c1ccc(O)c(OC)c1.CCCCCC(=O)CCc1ccc(O)c(OC)c1.CCCCCC(C)=O.CCCCCC(O)CC(=O)/C=C/c1cc[c-]c(C)c1.[Y].[Y]. The average molecular weight is 1210 g/mol. The second kappa shape index (κ2) is 50.1. The first-order valence-electron chi connectivity index (χ1n) is 26.9. The van der Waals surface area contributed by atoms with Crippen LogP contribution in [-0.2, 0) is 95.8 Å². The molecule has 0 saturated carbocycles. The normalized spacial score (nSPS) is 10.7. The fraction of sp³-hybridized carbons (Fsp3) is 0.462. The summed E-state index contributed by atoms with van der Waals surface area (Å²) in [6.07, 6.45) is 26.9. The molecule has 0 heterocycles. The van der Waals surface area contributed by atoms with Crippen molar-refractivity contribution < 1.29 is 114 Å². The van der Waals surface area contributed by atoms with Gasteiger partial charge in [-0.1, -0.05) is 130 Å². The summed E-state index contributed by atoms with van der Waals surface area (Å²) in [6, 6.07) is 27.8. The molecule has 10 nitrogen and oxygen atoms in total. The molecule has 0 aliphatic heterocycles. The van der Waals surface area contributed by atoms with Crippen LogP contribution < -0.4 is 9.47 Å². The Hall–Kier alpha value is -4.18. The summed E-state index contributed by atoms with van der Waals surface area (Å²) in [5.41, 5.74) is 6.03. The summed E-state index contributed by atoms with van der Waals surface area (Å²) < 4.78 is 10.0. The third-order valence-electron chi connectivity index (χ3n) is 11.3. The van der Waals surface area contributed by atoms with Crippen molar-refractivity contribution in [2.24, 2.45) is 0 Å². The molecule has 0 amide bonds. The molecule has 0 spiro atoms. The van der Waals surface area contributed by atoms with Crippen molar-refractivity contribution in [3.05, 3.63) is 137 Å². The molecule has 0 aliphatic rings. The molecule has 4 aromatic rings. The number of aliphatic hydroxyl groups excluding tert-OH is 1. The van der Waals surface area contributed by atoms with Gasteiger partial charge in [0.25, 0.3) is 0 Å².